The second-order valence-electron chi connectivity index (χ2n) is 31.2. The second-order valence-corrected chi connectivity index (χ2v) is 38.1. The Labute approximate surface area is 837 Å². The Bertz CT molecular complexity index is 4930. The number of rotatable bonds is 28. The van der Waals surface area contributed by atoms with E-state index in [2.05, 4.69) is 141 Å². The standard InChI is InChI=1S/C15H13BBrFO3.C13H17BBrFO3.C12H15BBrFO3.C11H15BBrFO2.C10H11BBrFO3.C9H9BBrFO3.C9H11BBrFO2.C8H9BBrFO2/c17-14-7-6-13(18)8-12(14)9-19-16-20-10-15(21-16)11-4-2-1-3-5-11;1-12(2)13(3,4)19-14(18-12)17-8-9-7-10(16)5-6-11(9)15;1-12(2)7-17-13(18-8-12)16-6-9-5-10(15)3-4-11(9)14;1-8(2)16-12(3)15-7-9-6-10(14)4-5-11(9)13;12-10-3-2-9(13)6-8(10)7-16-11-14-4-1-5-15-11;11-9-2-1-8(12)5-7(9)6-15-10-13-3-4-14-10;1-10(13-2)14-6-7-5-8(12)3-4-9(7)11;1-9(12)13-5-6-4-7(11)2-3-8(6)10/h1-8,15H,9-10H2;5-7H,8H2,1-4H3;3-5H,6-8H2,1-2H3;4-6,8H,7H2,1-3H3;2-3,6H,1,4-5,7H2;1-2,5H,3-4,6H2;3-5H,6H2,1-2H3;2-4,12H,5H2,1H3. The summed E-state index contributed by atoms with van der Waals surface area (Å²) in [5.41, 5.74) is 6.05. The van der Waals surface area contributed by atoms with Gasteiger partial charge >= 0.3 is 58.0 Å². The highest BCUT2D eigenvalue weighted by molar-refractivity contribution is 9.11. The van der Waals surface area contributed by atoms with E-state index in [0.29, 0.717) is 70.6 Å². The van der Waals surface area contributed by atoms with Gasteiger partial charge in [-0.1, -0.05) is 172 Å². The molecule has 5 aliphatic rings. The monoisotopic (exact) mass is 2350 g/mol. The van der Waals surface area contributed by atoms with Crippen molar-refractivity contribution in [2.45, 2.75) is 159 Å². The van der Waals surface area contributed by atoms with Crippen molar-refractivity contribution in [3.8, 4) is 0 Å². The van der Waals surface area contributed by atoms with Crippen molar-refractivity contribution in [1.82, 2.24) is 0 Å². The highest BCUT2D eigenvalue weighted by Gasteiger charge is 2.53. The maximum absolute atomic E-state index is 13.2. The maximum atomic E-state index is 13.2. The van der Waals surface area contributed by atoms with E-state index in [9.17, 15) is 35.1 Å². The molecule has 5 aliphatic heterocycles. The van der Waals surface area contributed by atoms with Gasteiger partial charge in [0.1, 0.15) is 46.5 Å². The molecule has 45 heteroatoms. The lowest BCUT2D eigenvalue weighted by atomic mass is 9.90. The molecule has 0 bridgehead atoms. The zero-order chi connectivity index (χ0) is 96.7. The van der Waals surface area contributed by atoms with Gasteiger partial charge in [-0.15, -0.1) is 0 Å². The molecule has 1 unspecified atom stereocenters. The molecule has 0 saturated carbocycles. The van der Waals surface area contributed by atoms with E-state index >= 15 is 0 Å². The highest BCUT2D eigenvalue weighted by Crippen LogP contribution is 2.38. The summed E-state index contributed by atoms with van der Waals surface area (Å²) >= 11 is 26.6. The Balaban J connectivity index is 0.000000207. The SMILES string of the molecule is CB(O)OCc1cc(F)ccc1Br.CB(OCc1cc(F)ccc1Br)OC(C)C.CC1(C)COB(OCc2cc(F)ccc2Br)OC1.CC1(C)OB(OCc2cc(F)ccc2Br)OC1(C)C.COB(C)OCc1cc(F)ccc1Br.Fc1ccc(Br)c(COB2OCC(c3ccccc3)O2)c1.Fc1ccc(Br)c(COB2OCCCO2)c1.Fc1ccc(Br)c(COB2OCCO2)c1. The smallest absolute Gasteiger partial charge is 0.427 e. The molecular formula is C87H100B8Br8F8O21. The van der Waals surface area contributed by atoms with Crippen molar-refractivity contribution in [1.29, 1.82) is 0 Å². The molecule has 1 atom stereocenters. The van der Waals surface area contributed by atoms with Crippen LogP contribution < -0.4 is 0 Å². The summed E-state index contributed by atoms with van der Waals surface area (Å²) in [6.07, 6.45) is 0.863. The molecule has 0 spiro atoms. The van der Waals surface area contributed by atoms with Crippen LogP contribution in [0.3, 0.4) is 0 Å². The summed E-state index contributed by atoms with van der Waals surface area (Å²) in [6, 6.07) is 45.5. The summed E-state index contributed by atoms with van der Waals surface area (Å²) in [6.45, 7) is 26.9. The lowest BCUT2D eigenvalue weighted by Gasteiger charge is -2.32. The lowest BCUT2D eigenvalue weighted by molar-refractivity contribution is -0.0214. The Morgan fingerprint density at radius 2 is 0.644 bits per heavy atom. The minimum atomic E-state index is -0.838. The summed E-state index contributed by atoms with van der Waals surface area (Å²) in [5, 5.41) is 8.84. The van der Waals surface area contributed by atoms with E-state index in [0.717, 1.165) is 81.1 Å². The normalized spacial score (nSPS) is 15.7. The Hall–Kier alpha value is -4.06. The summed E-state index contributed by atoms with van der Waals surface area (Å²) in [5.74, 6) is -2.30. The third-order valence-corrected chi connectivity index (χ3v) is 25.0. The number of benzene rings is 9. The lowest BCUT2D eigenvalue weighted by Crippen LogP contribution is -2.42. The van der Waals surface area contributed by atoms with Crippen molar-refractivity contribution in [3.05, 3.63) is 308 Å². The first-order valence-corrected chi connectivity index (χ1v) is 47.6. The zero-order valence-corrected chi connectivity index (χ0v) is 87.2. The van der Waals surface area contributed by atoms with Gasteiger partial charge in [0.2, 0.25) is 0 Å². The quantitative estimate of drug-likeness (QED) is 0.0357. The van der Waals surface area contributed by atoms with Gasteiger partial charge in [-0.3, -0.25) is 0 Å². The van der Waals surface area contributed by atoms with E-state index in [1.54, 1.807) is 62.5 Å². The molecule has 0 radical (unpaired) electrons. The summed E-state index contributed by atoms with van der Waals surface area (Å²) in [7, 11) is -3.26. The molecule has 0 aromatic heterocycles. The summed E-state index contributed by atoms with van der Waals surface area (Å²) in [4.78, 5) is 0. The predicted molar refractivity (Wildman–Crippen MR) is 521 cm³/mol. The molecule has 9 aromatic carbocycles. The topological polar surface area (TPSA) is 205 Å². The third kappa shape index (κ3) is 43.4. The van der Waals surface area contributed by atoms with Crippen LogP contribution in [0.5, 0.6) is 0 Å². The van der Waals surface area contributed by atoms with Crippen molar-refractivity contribution >= 4 is 185 Å². The Kier molecular flexibility index (Phi) is 51.8. The fourth-order valence-electron chi connectivity index (χ4n) is 11.1. The van der Waals surface area contributed by atoms with Crippen molar-refractivity contribution in [3.63, 3.8) is 0 Å². The van der Waals surface area contributed by atoms with Crippen LogP contribution in [-0.4, -0.2) is 134 Å². The zero-order valence-electron chi connectivity index (χ0n) is 74.5. The highest BCUT2D eigenvalue weighted by atomic mass is 79.9. The average molecular weight is 2360 g/mol. The maximum Gasteiger partial charge on any atom is 0.640 e. The van der Waals surface area contributed by atoms with E-state index in [1.165, 1.54) is 104 Å². The van der Waals surface area contributed by atoms with Gasteiger partial charge in [-0.2, -0.15) is 0 Å². The minimum absolute atomic E-state index is 0.0132. The van der Waals surface area contributed by atoms with E-state index in [1.807, 2.05) is 78.7 Å². The van der Waals surface area contributed by atoms with Crippen LogP contribution in [0.25, 0.3) is 0 Å². The van der Waals surface area contributed by atoms with E-state index < -0.39 is 54.9 Å². The Morgan fingerprint density at radius 1 is 0.364 bits per heavy atom. The molecule has 5 heterocycles. The fourth-order valence-corrected chi connectivity index (χ4v) is 14.0. The van der Waals surface area contributed by atoms with E-state index in [-0.39, 0.29) is 118 Å². The number of halogens is 16. The fraction of sp³-hybridized carbons (Fsp3) is 0.379. The molecule has 710 valence electrons. The van der Waals surface area contributed by atoms with Gasteiger partial charge in [0.15, 0.2) is 0 Å². The first kappa shape index (κ1) is 115. The Morgan fingerprint density at radius 3 is 0.955 bits per heavy atom. The molecule has 0 amide bonds. The number of hydrogen-bond donors (Lipinski definition) is 1. The third-order valence-electron chi connectivity index (χ3n) is 18.8. The minimum Gasteiger partial charge on any atom is -0.427 e. The average Bonchev–Trinajstić information content (AvgIpc) is 1.64. The molecular weight excluding hydrogens is 2260 g/mol. The molecule has 0 aliphatic carbocycles. The van der Waals surface area contributed by atoms with Gasteiger partial charge in [0.25, 0.3) is 0 Å². The van der Waals surface area contributed by atoms with Crippen LogP contribution in [0.15, 0.2) is 212 Å². The molecule has 5 fully saturated rings. The van der Waals surface area contributed by atoms with Gasteiger partial charge in [-0.05, 0) is 264 Å². The largest absolute Gasteiger partial charge is 0.640 e. The molecule has 132 heavy (non-hydrogen) atoms. The first-order chi connectivity index (χ1) is 62.6. The number of hydrogen-bond acceptors (Lipinski definition) is 21. The van der Waals surface area contributed by atoms with Crippen molar-refractivity contribution < 1.29 is 133 Å². The molecule has 5 saturated heterocycles. The van der Waals surface area contributed by atoms with Crippen molar-refractivity contribution in [2.24, 2.45) is 5.41 Å². The van der Waals surface area contributed by atoms with Gasteiger partial charge in [-0.25, -0.2) is 35.1 Å². The molecule has 21 nitrogen and oxygen atoms in total. The van der Waals surface area contributed by atoms with Crippen molar-refractivity contribution in [2.75, 3.05) is 53.4 Å². The van der Waals surface area contributed by atoms with E-state index in [4.69, 9.17) is 98.1 Å². The van der Waals surface area contributed by atoms with Crippen LogP contribution >= 0.6 is 127 Å². The molecule has 14 rings (SSSR count). The summed E-state index contributed by atoms with van der Waals surface area (Å²) < 4.78 is 218. The van der Waals surface area contributed by atoms with Crippen LogP contribution in [0, 0.1) is 52.0 Å². The van der Waals surface area contributed by atoms with Crippen LogP contribution in [0.2, 0.25) is 20.5 Å². The predicted octanol–water partition coefficient (Wildman–Crippen LogP) is 24.1. The van der Waals surface area contributed by atoms with Gasteiger partial charge in [0, 0.05) is 80.8 Å². The molecule has 9 aromatic rings. The first-order valence-electron chi connectivity index (χ1n) is 41.3. The van der Waals surface area contributed by atoms with Gasteiger partial charge < -0.3 is 98.1 Å². The van der Waals surface area contributed by atoms with Crippen LogP contribution in [0.1, 0.15) is 118 Å². The molecule has 1 N–H and O–H groups in total. The van der Waals surface area contributed by atoms with Crippen LogP contribution in [0.4, 0.5) is 35.1 Å². The van der Waals surface area contributed by atoms with Crippen LogP contribution in [-0.2, 0) is 146 Å². The second kappa shape index (κ2) is 59.5. The van der Waals surface area contributed by atoms with Gasteiger partial charge in [0.05, 0.1) is 90.0 Å².